The summed E-state index contributed by atoms with van der Waals surface area (Å²) in [4.78, 5) is 44.4. The number of aliphatic hydroxyl groups is 1. The monoisotopic (exact) mass is 585 g/mol. The fraction of sp³-hybridized carbons (Fsp3) is 0.441. The number of carbonyl (C=O) groups is 3. The zero-order valence-electron chi connectivity index (χ0n) is 24.3. The molecule has 3 fully saturated rings. The van der Waals surface area contributed by atoms with Gasteiger partial charge in [0, 0.05) is 17.5 Å². The molecule has 3 aliphatic heterocycles. The molecule has 0 aliphatic carbocycles. The number of hydrogen-bond acceptors (Lipinski definition) is 5. The number of thioether (sulfide) groups is 1. The Balaban J connectivity index is 1.36. The van der Waals surface area contributed by atoms with Crippen molar-refractivity contribution in [3.63, 3.8) is 0 Å². The first kappa shape index (κ1) is 28.7. The third kappa shape index (κ3) is 4.60. The maximum absolute atomic E-state index is 14.5. The highest BCUT2D eigenvalue weighted by molar-refractivity contribution is 8.02. The smallest absolute Gasteiger partial charge is 0.248 e. The van der Waals surface area contributed by atoms with Crippen molar-refractivity contribution in [2.75, 3.05) is 11.9 Å². The van der Waals surface area contributed by atoms with E-state index in [0.29, 0.717) is 12.2 Å². The van der Waals surface area contributed by atoms with E-state index in [4.69, 9.17) is 0 Å². The second kappa shape index (κ2) is 11.4. The highest BCUT2D eigenvalue weighted by Crippen LogP contribution is 2.69. The summed E-state index contributed by atoms with van der Waals surface area (Å²) in [5, 5.41) is 18.9. The molecule has 8 atom stereocenters. The lowest BCUT2D eigenvalue weighted by molar-refractivity contribution is -0.143. The number of nitrogens with zero attached hydrogens (tertiary/aromatic N) is 1. The standard InChI is InChI=1S/C34H39N3O4S/c1-4-20(2)26(19-38)37-30(32(40)36-25-15-14-23-12-8-9-13-24(23)17-25)34-21(3)16-27(42-34)28(29(34)33(37)41)31(39)35-18-22-10-6-5-7-11-22/h5-15,17,20-21,26-30,38H,4,16,18-19H2,1-3H3,(H,35,39)(H,36,40)/t20-,21?,26-,27-,28+,29-,30?,34?/m0/s1. The maximum atomic E-state index is 14.5. The van der Waals surface area contributed by atoms with Crippen LogP contribution < -0.4 is 10.6 Å². The molecule has 3 aromatic carbocycles. The van der Waals surface area contributed by atoms with Gasteiger partial charge in [0.15, 0.2) is 0 Å². The van der Waals surface area contributed by atoms with Gasteiger partial charge in [0.1, 0.15) is 6.04 Å². The van der Waals surface area contributed by atoms with Gasteiger partial charge < -0.3 is 20.6 Å². The first-order chi connectivity index (χ1) is 20.3. The normalized spacial score (nSPS) is 29.4. The minimum atomic E-state index is -0.801. The van der Waals surface area contributed by atoms with E-state index in [-0.39, 0.29) is 41.4 Å². The summed E-state index contributed by atoms with van der Waals surface area (Å²) in [6, 6.07) is 22.2. The first-order valence-electron chi connectivity index (χ1n) is 15.0. The van der Waals surface area contributed by atoms with E-state index in [9.17, 15) is 19.5 Å². The third-order valence-corrected chi connectivity index (χ3v) is 12.0. The number of amides is 3. The van der Waals surface area contributed by atoms with Gasteiger partial charge in [-0.2, -0.15) is 0 Å². The van der Waals surface area contributed by atoms with Crippen molar-refractivity contribution in [2.24, 2.45) is 23.7 Å². The highest BCUT2D eigenvalue weighted by atomic mass is 32.2. The molecule has 6 rings (SSSR count). The number of hydrogen-bond donors (Lipinski definition) is 3. The van der Waals surface area contributed by atoms with Crippen molar-refractivity contribution >= 4 is 45.9 Å². The van der Waals surface area contributed by atoms with Gasteiger partial charge >= 0.3 is 0 Å². The molecule has 8 heteroatoms. The van der Waals surface area contributed by atoms with E-state index in [0.717, 1.165) is 29.2 Å². The molecular weight excluding hydrogens is 546 g/mol. The molecule has 7 nitrogen and oxygen atoms in total. The average molecular weight is 586 g/mol. The van der Waals surface area contributed by atoms with E-state index < -0.39 is 28.7 Å². The summed E-state index contributed by atoms with van der Waals surface area (Å²) in [5.74, 6) is -1.70. The van der Waals surface area contributed by atoms with Gasteiger partial charge in [-0.3, -0.25) is 14.4 Å². The zero-order valence-corrected chi connectivity index (χ0v) is 25.1. The number of carbonyl (C=O) groups excluding carboxylic acids is 3. The first-order valence-corrected chi connectivity index (χ1v) is 15.9. The van der Waals surface area contributed by atoms with Crippen molar-refractivity contribution in [1.29, 1.82) is 0 Å². The number of nitrogens with one attached hydrogen (secondary N) is 2. The number of likely N-dealkylation sites (tertiary alicyclic amines) is 1. The predicted octanol–water partition coefficient (Wildman–Crippen LogP) is 4.84. The third-order valence-electron chi connectivity index (χ3n) is 9.91. The van der Waals surface area contributed by atoms with Crippen LogP contribution in [-0.2, 0) is 20.9 Å². The molecular formula is C34H39N3O4S. The minimum absolute atomic E-state index is 0.0204. The number of rotatable bonds is 9. The molecule has 3 aromatic rings. The van der Waals surface area contributed by atoms with E-state index in [1.165, 1.54) is 0 Å². The van der Waals surface area contributed by atoms with Gasteiger partial charge in [0.05, 0.1) is 29.2 Å². The van der Waals surface area contributed by atoms with Gasteiger partial charge in [-0.15, -0.1) is 11.8 Å². The van der Waals surface area contributed by atoms with Crippen LogP contribution in [0.5, 0.6) is 0 Å². The second-order valence-electron chi connectivity index (χ2n) is 12.2. The minimum Gasteiger partial charge on any atom is -0.394 e. The summed E-state index contributed by atoms with van der Waals surface area (Å²) in [6.45, 7) is 6.30. The van der Waals surface area contributed by atoms with Crippen molar-refractivity contribution < 1.29 is 19.5 Å². The number of aliphatic hydroxyl groups excluding tert-OH is 1. The van der Waals surface area contributed by atoms with Crippen LogP contribution in [0.2, 0.25) is 0 Å². The lowest BCUT2D eigenvalue weighted by Crippen LogP contribution is -2.58. The Morgan fingerprint density at radius 2 is 1.76 bits per heavy atom. The van der Waals surface area contributed by atoms with Crippen LogP contribution in [0.15, 0.2) is 72.8 Å². The molecule has 0 aromatic heterocycles. The Bertz CT molecular complexity index is 1500. The molecule has 3 saturated heterocycles. The number of fused-ring (bicyclic) bond motifs is 2. The van der Waals surface area contributed by atoms with Crippen molar-refractivity contribution in [1.82, 2.24) is 10.2 Å². The maximum Gasteiger partial charge on any atom is 0.248 e. The molecule has 3 N–H and O–H groups in total. The van der Waals surface area contributed by atoms with Gasteiger partial charge in [-0.05, 0) is 46.7 Å². The Labute approximate surface area is 251 Å². The summed E-state index contributed by atoms with van der Waals surface area (Å²) in [7, 11) is 0. The Morgan fingerprint density at radius 1 is 1.05 bits per heavy atom. The summed E-state index contributed by atoms with van der Waals surface area (Å²) < 4.78 is -0.752. The molecule has 1 spiro atoms. The van der Waals surface area contributed by atoms with Crippen LogP contribution >= 0.6 is 11.8 Å². The summed E-state index contributed by atoms with van der Waals surface area (Å²) in [6.07, 6.45) is 1.51. The van der Waals surface area contributed by atoms with Crippen LogP contribution in [0.3, 0.4) is 0 Å². The number of anilines is 1. The Hall–Kier alpha value is -3.36. The fourth-order valence-corrected chi connectivity index (χ4v) is 10.0. The lowest BCUT2D eigenvalue weighted by Gasteiger charge is -2.41. The molecule has 3 aliphatic rings. The fourth-order valence-electron chi connectivity index (χ4n) is 7.61. The number of benzene rings is 3. The summed E-state index contributed by atoms with van der Waals surface area (Å²) in [5.41, 5.74) is 1.66. The predicted molar refractivity (Wildman–Crippen MR) is 167 cm³/mol. The molecule has 220 valence electrons. The molecule has 3 unspecified atom stereocenters. The summed E-state index contributed by atoms with van der Waals surface area (Å²) >= 11 is 1.65. The van der Waals surface area contributed by atoms with Gasteiger partial charge in [-0.25, -0.2) is 0 Å². The molecule has 0 radical (unpaired) electrons. The topological polar surface area (TPSA) is 98.7 Å². The molecule has 2 bridgehead atoms. The van der Waals surface area contributed by atoms with Gasteiger partial charge in [0.25, 0.3) is 0 Å². The van der Waals surface area contributed by atoms with Crippen LogP contribution in [0.25, 0.3) is 10.8 Å². The van der Waals surface area contributed by atoms with Crippen molar-refractivity contribution in [3.8, 4) is 0 Å². The van der Waals surface area contributed by atoms with Crippen molar-refractivity contribution in [2.45, 2.75) is 62.2 Å². The van der Waals surface area contributed by atoms with E-state index >= 15 is 0 Å². The van der Waals surface area contributed by atoms with Crippen LogP contribution in [0.4, 0.5) is 5.69 Å². The Kier molecular flexibility index (Phi) is 7.79. The zero-order chi connectivity index (χ0) is 29.6. The van der Waals surface area contributed by atoms with Crippen molar-refractivity contribution in [3.05, 3.63) is 78.4 Å². The van der Waals surface area contributed by atoms with E-state index in [1.807, 2.05) is 86.6 Å². The highest BCUT2D eigenvalue weighted by Gasteiger charge is 2.76. The van der Waals surface area contributed by atoms with Crippen LogP contribution in [0, 0.1) is 23.7 Å². The molecule has 42 heavy (non-hydrogen) atoms. The van der Waals surface area contributed by atoms with Crippen LogP contribution in [-0.4, -0.2) is 56.4 Å². The van der Waals surface area contributed by atoms with Gasteiger partial charge in [0.2, 0.25) is 17.7 Å². The average Bonchev–Trinajstić information content (AvgIpc) is 3.60. The molecule has 0 saturated carbocycles. The largest absolute Gasteiger partial charge is 0.394 e. The SMILES string of the molecule is CC[C@H](C)[C@H](CO)N1C(=O)[C@@H]2[C@H](C(=O)NCc3ccccc3)[C@@H]3CC(C)C2(S3)C1C(=O)Nc1ccc2ccccc2c1. The Morgan fingerprint density at radius 3 is 2.48 bits per heavy atom. The molecule has 3 amide bonds. The second-order valence-corrected chi connectivity index (χ2v) is 13.7. The van der Waals surface area contributed by atoms with Crippen LogP contribution in [0.1, 0.15) is 39.2 Å². The molecule has 3 heterocycles. The van der Waals surface area contributed by atoms with E-state index in [1.54, 1.807) is 16.7 Å². The van der Waals surface area contributed by atoms with E-state index in [2.05, 4.69) is 17.6 Å². The van der Waals surface area contributed by atoms with Gasteiger partial charge in [-0.1, -0.05) is 87.9 Å². The lowest BCUT2D eigenvalue weighted by atomic mass is 9.66. The quantitative estimate of drug-likeness (QED) is 0.334.